The largest absolute Gasteiger partial charge is 0.328 e. The van der Waals surface area contributed by atoms with Gasteiger partial charge in [0.2, 0.25) is 0 Å². The van der Waals surface area contributed by atoms with E-state index in [2.05, 4.69) is 26.0 Å². The second-order valence-electron chi connectivity index (χ2n) is 8.16. The van der Waals surface area contributed by atoms with Gasteiger partial charge in [0.25, 0.3) is 12.6 Å². The van der Waals surface area contributed by atoms with E-state index in [9.17, 15) is 0 Å². The summed E-state index contributed by atoms with van der Waals surface area (Å²) < 4.78 is 1.13. The van der Waals surface area contributed by atoms with Crippen LogP contribution in [0.4, 0.5) is 0 Å². The van der Waals surface area contributed by atoms with Crippen molar-refractivity contribution in [3.05, 3.63) is 4.85 Å². The maximum atomic E-state index is 5.63. The van der Waals surface area contributed by atoms with Crippen molar-refractivity contribution in [1.29, 1.82) is 0 Å². The maximum Gasteiger partial charge on any atom is 0.273 e. The number of hydrogen-bond donors (Lipinski definition) is 0. The second-order valence-corrected chi connectivity index (χ2v) is 8.16. The van der Waals surface area contributed by atoms with Gasteiger partial charge in [-0.3, -0.25) is 0 Å². The Balaban J connectivity index is 1.93. The van der Waals surface area contributed by atoms with Crippen LogP contribution in [0.2, 0.25) is 0 Å². The number of hydrogen-bond acceptors (Lipinski definition) is 0. The first-order valence-corrected chi connectivity index (χ1v) is 7.62. The van der Waals surface area contributed by atoms with E-state index in [1.165, 1.54) is 51.4 Å². The molecule has 100 valence electrons. The van der Waals surface area contributed by atoms with Gasteiger partial charge in [-0.05, 0) is 23.7 Å². The molecule has 0 heterocycles. The van der Waals surface area contributed by atoms with Crippen LogP contribution in [0.15, 0.2) is 0 Å². The summed E-state index contributed by atoms with van der Waals surface area (Å²) in [5.41, 5.74) is 1.18. The lowest BCUT2D eigenvalue weighted by atomic mass is 9.60. The van der Waals surface area contributed by atoms with E-state index in [0.717, 1.165) is 10.5 Å². The Kier molecular flexibility index (Phi) is 2.59. The molecule has 2 unspecified atom stereocenters. The topological polar surface area (TPSA) is 4.36 Å². The molecule has 0 bridgehead atoms. The van der Waals surface area contributed by atoms with Crippen LogP contribution in [0.3, 0.4) is 0 Å². The normalized spacial score (nSPS) is 47.4. The molecule has 0 aromatic carbocycles. The highest BCUT2D eigenvalue weighted by Gasteiger charge is 2.68. The molecule has 0 aliphatic heterocycles. The van der Waals surface area contributed by atoms with E-state index in [1.54, 1.807) is 0 Å². The van der Waals surface area contributed by atoms with Crippen molar-refractivity contribution in [2.45, 2.75) is 63.5 Å². The van der Waals surface area contributed by atoms with Gasteiger partial charge in [0.1, 0.15) is 0 Å². The van der Waals surface area contributed by atoms with Crippen LogP contribution in [0, 0.1) is 17.4 Å². The standard InChI is InChI=1S/C16H28N2/c1-17-13-9-15-7-5-6-8-16(15,10-13)12-14(11-15)18(2,3)4/h1,13-14H,5-12H2,2-4H3/q+2. The molecule has 0 radical (unpaired) electrons. The molecule has 3 saturated carbocycles. The Morgan fingerprint density at radius 2 is 1.44 bits per heavy atom. The van der Waals surface area contributed by atoms with E-state index in [1.807, 2.05) is 0 Å². The Labute approximate surface area is 112 Å². The molecule has 18 heavy (non-hydrogen) atoms. The molecule has 2 nitrogen and oxygen atoms in total. The molecule has 2 heteroatoms. The Morgan fingerprint density at radius 3 is 1.83 bits per heavy atom. The summed E-state index contributed by atoms with van der Waals surface area (Å²) in [6, 6.07) is 1.30. The lowest BCUT2D eigenvalue weighted by Crippen LogP contribution is -2.44. The van der Waals surface area contributed by atoms with Crippen molar-refractivity contribution in [3.8, 4) is 6.57 Å². The van der Waals surface area contributed by atoms with Crippen LogP contribution >= 0.6 is 0 Å². The lowest BCUT2D eigenvalue weighted by Gasteiger charge is -2.43. The first kappa shape index (κ1) is 12.5. The van der Waals surface area contributed by atoms with Gasteiger partial charge in [-0.1, -0.05) is 17.7 Å². The molecule has 3 aliphatic rings. The fourth-order valence-electron chi connectivity index (χ4n) is 5.50. The molecule has 0 spiro atoms. The van der Waals surface area contributed by atoms with Crippen molar-refractivity contribution >= 4 is 0 Å². The molecule has 3 fully saturated rings. The monoisotopic (exact) mass is 248 g/mol. The molecular weight excluding hydrogens is 220 g/mol. The SMILES string of the molecule is C#[N+]C1CC23CCCCC2(C1)CC([N+](C)(C)C)C3. The molecular formula is C16H28N2+2. The molecule has 0 amide bonds. The van der Waals surface area contributed by atoms with E-state index in [4.69, 9.17) is 6.57 Å². The van der Waals surface area contributed by atoms with Crippen LogP contribution < -0.4 is 0 Å². The molecule has 0 saturated heterocycles. The predicted molar refractivity (Wildman–Crippen MR) is 75.7 cm³/mol. The van der Waals surface area contributed by atoms with Gasteiger partial charge >= 0.3 is 0 Å². The molecule has 3 aliphatic carbocycles. The second kappa shape index (κ2) is 3.73. The van der Waals surface area contributed by atoms with Gasteiger partial charge in [-0.2, -0.15) is 0 Å². The van der Waals surface area contributed by atoms with E-state index >= 15 is 0 Å². The van der Waals surface area contributed by atoms with Crippen LogP contribution in [0.25, 0.3) is 4.85 Å². The van der Waals surface area contributed by atoms with E-state index in [-0.39, 0.29) is 0 Å². The minimum absolute atomic E-state index is 0.455. The summed E-state index contributed by atoms with van der Waals surface area (Å²) >= 11 is 0. The molecule has 0 aromatic rings. The number of rotatable bonds is 1. The van der Waals surface area contributed by atoms with Crippen LogP contribution in [-0.4, -0.2) is 37.7 Å². The highest BCUT2D eigenvalue weighted by atomic mass is 15.3. The van der Waals surface area contributed by atoms with Crippen molar-refractivity contribution in [2.75, 3.05) is 21.1 Å². The third kappa shape index (κ3) is 1.56. The summed E-state index contributed by atoms with van der Waals surface area (Å²) in [5, 5.41) is 0. The van der Waals surface area contributed by atoms with Gasteiger partial charge in [0.15, 0.2) is 0 Å². The Morgan fingerprint density at radius 1 is 0.944 bits per heavy atom. The molecule has 0 aromatic heterocycles. The van der Waals surface area contributed by atoms with Gasteiger partial charge in [0.05, 0.1) is 27.2 Å². The van der Waals surface area contributed by atoms with Crippen LogP contribution in [0.5, 0.6) is 0 Å². The lowest BCUT2D eigenvalue weighted by molar-refractivity contribution is -0.896. The first-order valence-electron chi connectivity index (χ1n) is 7.62. The van der Waals surface area contributed by atoms with Crippen molar-refractivity contribution < 1.29 is 4.48 Å². The summed E-state index contributed by atoms with van der Waals surface area (Å²) in [6.45, 7) is 5.63. The molecule has 3 rings (SSSR count). The zero-order valence-electron chi connectivity index (χ0n) is 12.3. The Bertz CT molecular complexity index is 365. The quantitative estimate of drug-likeness (QED) is 0.625. The summed E-state index contributed by atoms with van der Waals surface area (Å²) in [5.74, 6) is 0. The fourth-order valence-corrected chi connectivity index (χ4v) is 5.50. The highest BCUT2D eigenvalue weighted by Crippen LogP contribution is 2.70. The number of nitrogens with zero attached hydrogens (tertiary/aromatic N) is 2. The first-order chi connectivity index (χ1) is 8.41. The van der Waals surface area contributed by atoms with E-state index < -0.39 is 0 Å². The predicted octanol–water partition coefficient (Wildman–Crippen LogP) is 3.53. The van der Waals surface area contributed by atoms with Crippen LogP contribution in [0.1, 0.15) is 51.4 Å². The minimum atomic E-state index is 0.455. The third-order valence-corrected chi connectivity index (χ3v) is 6.50. The highest BCUT2D eigenvalue weighted by molar-refractivity contribution is 5.17. The van der Waals surface area contributed by atoms with Crippen molar-refractivity contribution in [3.63, 3.8) is 0 Å². The summed E-state index contributed by atoms with van der Waals surface area (Å²) in [7, 11) is 7.11. The van der Waals surface area contributed by atoms with Gasteiger partial charge in [0, 0.05) is 25.7 Å². The smallest absolute Gasteiger partial charge is 0.273 e. The van der Waals surface area contributed by atoms with Gasteiger partial charge in [-0.25, -0.2) is 0 Å². The zero-order valence-corrected chi connectivity index (χ0v) is 12.3. The summed E-state index contributed by atoms with van der Waals surface area (Å²) in [4.78, 5) is 4.17. The molecule has 2 atom stereocenters. The average molecular weight is 248 g/mol. The van der Waals surface area contributed by atoms with Gasteiger partial charge < -0.3 is 4.48 Å². The van der Waals surface area contributed by atoms with Crippen LogP contribution in [-0.2, 0) is 0 Å². The van der Waals surface area contributed by atoms with Crippen molar-refractivity contribution in [2.24, 2.45) is 10.8 Å². The Hall–Kier alpha value is -0.550. The maximum absolute atomic E-state index is 5.63. The molecule has 0 N–H and O–H groups in total. The average Bonchev–Trinajstić information content (AvgIpc) is 2.77. The van der Waals surface area contributed by atoms with E-state index in [0.29, 0.717) is 16.9 Å². The number of quaternary nitrogens is 1. The fraction of sp³-hybridized carbons (Fsp3) is 0.938. The zero-order chi connectivity index (χ0) is 13.0. The summed E-state index contributed by atoms with van der Waals surface area (Å²) in [6.07, 6.45) is 11.1. The third-order valence-electron chi connectivity index (χ3n) is 6.50. The minimum Gasteiger partial charge on any atom is -0.328 e. The van der Waals surface area contributed by atoms with Gasteiger partial charge in [-0.15, -0.1) is 0 Å². The van der Waals surface area contributed by atoms with Crippen molar-refractivity contribution in [1.82, 2.24) is 0 Å².